The molecule has 2 aliphatic carbocycles. The molecular weight excluding hydrogens is 517 g/mol. The number of rotatable bonds is 7. The summed E-state index contributed by atoms with van der Waals surface area (Å²) in [5.41, 5.74) is 6.26. The number of fused-ring (bicyclic) bond motifs is 1. The van der Waals surface area contributed by atoms with Gasteiger partial charge in [-0.05, 0) is 87.4 Å². The molecule has 0 spiro atoms. The van der Waals surface area contributed by atoms with Crippen molar-refractivity contribution in [1.29, 1.82) is 0 Å². The van der Waals surface area contributed by atoms with Crippen LogP contribution in [0, 0.1) is 23.7 Å². The smallest absolute Gasteiger partial charge is 0.299 e. The van der Waals surface area contributed by atoms with Crippen molar-refractivity contribution in [3.8, 4) is 0 Å². The summed E-state index contributed by atoms with van der Waals surface area (Å²) in [5.74, 6) is 2.17. The molecule has 2 N–H and O–H groups in total. The molecule has 2 saturated carbocycles. The molecule has 4 aliphatic rings. The number of aromatic nitrogens is 2. The Bertz CT molecular complexity index is 1240. The van der Waals surface area contributed by atoms with Gasteiger partial charge in [0.05, 0.1) is 23.9 Å². The largest absolute Gasteiger partial charge is 0.418 e. The Kier molecular flexibility index (Phi) is 8.07. The summed E-state index contributed by atoms with van der Waals surface area (Å²) in [6, 6.07) is 1.19. The second-order valence-electron chi connectivity index (χ2n) is 13.3. The van der Waals surface area contributed by atoms with Crippen LogP contribution in [0.5, 0.6) is 0 Å². The number of piperidine rings is 1. The quantitative estimate of drug-likeness (QED) is 0.485. The first kappa shape index (κ1) is 28.2. The van der Waals surface area contributed by atoms with Gasteiger partial charge in [0.25, 0.3) is 0 Å². The van der Waals surface area contributed by atoms with E-state index in [0.717, 1.165) is 64.2 Å². The third kappa shape index (κ3) is 5.74. The molecule has 4 fully saturated rings. The number of hydrogen-bond acceptors (Lipinski definition) is 5. The summed E-state index contributed by atoms with van der Waals surface area (Å²) >= 11 is 0. The van der Waals surface area contributed by atoms with Crippen molar-refractivity contribution in [3.63, 3.8) is 0 Å². The van der Waals surface area contributed by atoms with Crippen LogP contribution in [0.15, 0.2) is 23.3 Å². The van der Waals surface area contributed by atoms with Crippen molar-refractivity contribution in [2.24, 2.45) is 23.7 Å². The molecule has 7 nitrogen and oxygen atoms in total. The van der Waals surface area contributed by atoms with E-state index in [0.29, 0.717) is 29.9 Å². The van der Waals surface area contributed by atoms with Crippen LogP contribution in [-0.2, 0) is 12.7 Å². The van der Waals surface area contributed by atoms with Crippen molar-refractivity contribution in [3.05, 3.63) is 40.1 Å². The maximum atomic E-state index is 14.3. The monoisotopic (exact) mass is 562 g/mol. The van der Waals surface area contributed by atoms with E-state index in [4.69, 9.17) is 0 Å². The molecule has 0 radical (unpaired) electrons. The minimum Gasteiger partial charge on any atom is -0.299 e. The predicted octanol–water partition coefficient (Wildman–Crippen LogP) is 5.21. The molecular formula is C30H45F3N6O. The van der Waals surface area contributed by atoms with Crippen LogP contribution in [0.3, 0.4) is 0 Å². The predicted molar refractivity (Wildman–Crippen MR) is 149 cm³/mol. The number of hydrazine groups is 1. The number of alkyl halides is 3. The molecule has 222 valence electrons. The molecule has 2 aromatic heterocycles. The lowest BCUT2D eigenvalue weighted by molar-refractivity contribution is -0.136. The maximum Gasteiger partial charge on any atom is 0.418 e. The number of likely N-dealkylation sites (tertiary alicyclic amines) is 1. The van der Waals surface area contributed by atoms with Gasteiger partial charge in [-0.1, -0.05) is 32.6 Å². The number of halogens is 3. The molecule has 0 amide bonds. The van der Waals surface area contributed by atoms with E-state index < -0.39 is 11.7 Å². The third-order valence-corrected chi connectivity index (χ3v) is 10.3. The summed E-state index contributed by atoms with van der Waals surface area (Å²) in [7, 11) is 2.14. The minimum atomic E-state index is -4.52. The molecule has 2 saturated heterocycles. The zero-order valence-electron chi connectivity index (χ0n) is 23.9. The number of nitrogens with zero attached hydrogens (tertiary/aromatic N) is 4. The first-order valence-electron chi connectivity index (χ1n) is 15.4. The number of pyridine rings is 1. The first-order valence-corrected chi connectivity index (χ1v) is 15.4. The molecule has 2 aromatic rings. The number of nitrogens with one attached hydrogen (secondary N) is 2. The van der Waals surface area contributed by atoms with Crippen LogP contribution in [0.25, 0.3) is 5.52 Å². The van der Waals surface area contributed by atoms with E-state index >= 15 is 0 Å². The zero-order valence-corrected chi connectivity index (χ0v) is 23.9. The van der Waals surface area contributed by atoms with Crippen molar-refractivity contribution >= 4 is 5.52 Å². The summed E-state index contributed by atoms with van der Waals surface area (Å²) in [6.07, 6.45) is 9.90. The van der Waals surface area contributed by atoms with Gasteiger partial charge in [0.15, 0.2) is 0 Å². The Morgan fingerprint density at radius 1 is 1.07 bits per heavy atom. The second-order valence-corrected chi connectivity index (χ2v) is 13.3. The van der Waals surface area contributed by atoms with Crippen LogP contribution in [0.1, 0.15) is 88.3 Å². The van der Waals surface area contributed by atoms with Gasteiger partial charge < -0.3 is 0 Å². The average molecular weight is 563 g/mol. The fraction of sp³-hybridized carbons (Fsp3) is 0.767. The van der Waals surface area contributed by atoms with E-state index in [2.05, 4.69) is 34.6 Å². The standard InChI is InChI=1S/C30H45F3N6O/c1-20-6-5-11-37(15-20)16-22-13-26(30(31,32)33)27-18-38(29(40)39(27)17-22)24-10-4-9-23(14-24)25(12-21-7-3-8-21)28-35-34-19-36(28)2/h13,17-18,20-21,23-25,28,34-35H,3-12,14-16,19H2,1-2H3/t20-,23?,24?,25-,28?/m0/s1. The minimum absolute atomic E-state index is 0.0252. The van der Waals surface area contributed by atoms with E-state index in [9.17, 15) is 18.0 Å². The van der Waals surface area contributed by atoms with Gasteiger partial charge in [0, 0.05) is 31.5 Å². The van der Waals surface area contributed by atoms with Gasteiger partial charge in [0.2, 0.25) is 0 Å². The third-order valence-electron chi connectivity index (χ3n) is 10.3. The van der Waals surface area contributed by atoms with Crippen LogP contribution >= 0.6 is 0 Å². The summed E-state index contributed by atoms with van der Waals surface area (Å²) < 4.78 is 45.8. The average Bonchev–Trinajstić information content (AvgIpc) is 3.45. The van der Waals surface area contributed by atoms with Gasteiger partial charge >= 0.3 is 11.9 Å². The Morgan fingerprint density at radius 3 is 2.55 bits per heavy atom. The molecule has 5 atom stereocenters. The first-order chi connectivity index (χ1) is 19.2. The van der Waals surface area contributed by atoms with E-state index in [-0.39, 0.29) is 23.4 Å². The van der Waals surface area contributed by atoms with Crippen LogP contribution in [-0.4, -0.2) is 51.7 Å². The molecule has 0 aromatic carbocycles. The molecule has 2 aliphatic heterocycles. The van der Waals surface area contributed by atoms with Gasteiger partial charge in [-0.2, -0.15) is 13.2 Å². The lowest BCUT2D eigenvalue weighted by atomic mass is 9.69. The molecule has 6 rings (SSSR count). The maximum absolute atomic E-state index is 14.3. The fourth-order valence-electron chi connectivity index (χ4n) is 7.98. The Morgan fingerprint density at radius 2 is 1.88 bits per heavy atom. The molecule has 3 unspecified atom stereocenters. The Hall–Kier alpha value is -1.88. The van der Waals surface area contributed by atoms with Crippen molar-refractivity contribution in [2.75, 3.05) is 26.8 Å². The molecule has 40 heavy (non-hydrogen) atoms. The molecule has 0 bridgehead atoms. The fourth-order valence-corrected chi connectivity index (χ4v) is 7.98. The van der Waals surface area contributed by atoms with Gasteiger partial charge in [-0.3, -0.25) is 18.8 Å². The van der Waals surface area contributed by atoms with Crippen molar-refractivity contribution in [2.45, 2.75) is 96.1 Å². The van der Waals surface area contributed by atoms with E-state index in [1.807, 2.05) is 0 Å². The van der Waals surface area contributed by atoms with Gasteiger partial charge in [-0.15, -0.1) is 0 Å². The van der Waals surface area contributed by atoms with Crippen molar-refractivity contribution < 1.29 is 13.2 Å². The summed E-state index contributed by atoms with van der Waals surface area (Å²) in [5, 5.41) is 0. The van der Waals surface area contributed by atoms with Crippen LogP contribution in [0.4, 0.5) is 13.2 Å². The SMILES string of the molecule is C[C@H]1CCCN(Cc2cc(C(F)(F)F)c3cn(C4CCCC([C@H](CC5CCC5)C5NNCN5C)C4)c(=O)n3c2)C1. The van der Waals surface area contributed by atoms with Gasteiger partial charge in [0.1, 0.15) is 0 Å². The number of hydrogen-bond donors (Lipinski definition) is 2. The van der Waals surface area contributed by atoms with E-state index in [1.165, 1.54) is 42.3 Å². The van der Waals surface area contributed by atoms with Gasteiger partial charge in [-0.25, -0.2) is 15.6 Å². The van der Waals surface area contributed by atoms with Crippen molar-refractivity contribution in [1.82, 2.24) is 29.6 Å². The summed E-state index contributed by atoms with van der Waals surface area (Å²) in [4.78, 5) is 18.3. The van der Waals surface area contributed by atoms with E-state index in [1.54, 1.807) is 10.8 Å². The summed E-state index contributed by atoms with van der Waals surface area (Å²) in [6.45, 7) is 5.18. The topological polar surface area (TPSA) is 57.0 Å². The Labute approximate surface area is 235 Å². The highest BCUT2D eigenvalue weighted by atomic mass is 19.4. The Balaban J connectivity index is 1.29. The number of imidazole rings is 1. The second kappa shape index (κ2) is 11.4. The lowest BCUT2D eigenvalue weighted by Gasteiger charge is -2.42. The zero-order chi connectivity index (χ0) is 28.0. The lowest BCUT2D eigenvalue weighted by Crippen LogP contribution is -2.47. The highest BCUT2D eigenvalue weighted by Gasteiger charge is 2.40. The highest BCUT2D eigenvalue weighted by Crippen LogP contribution is 2.44. The molecule has 4 heterocycles. The van der Waals surface area contributed by atoms with Crippen LogP contribution in [0.2, 0.25) is 0 Å². The molecule has 10 heteroatoms. The highest BCUT2D eigenvalue weighted by molar-refractivity contribution is 5.56. The normalized spacial score (nSPS) is 30.1. The van der Waals surface area contributed by atoms with Crippen LogP contribution < -0.4 is 16.5 Å².